The zero-order valence-electron chi connectivity index (χ0n) is 12.2. The fourth-order valence-corrected chi connectivity index (χ4v) is 3.87. The lowest BCUT2D eigenvalue weighted by Gasteiger charge is -2.30. The average Bonchev–Trinajstić information content (AvgIpc) is 2.97. The number of hydrogen-bond acceptors (Lipinski definition) is 3. The Bertz CT molecular complexity index is 481. The molecule has 3 rings (SSSR count). The van der Waals surface area contributed by atoms with Crippen LogP contribution in [0.15, 0.2) is 0 Å². The van der Waals surface area contributed by atoms with Gasteiger partial charge >= 0.3 is 12.0 Å². The summed E-state index contributed by atoms with van der Waals surface area (Å²) in [4.78, 5) is 40.9. The van der Waals surface area contributed by atoms with E-state index in [1.54, 1.807) is 21.7 Å². The molecule has 0 aliphatic carbocycles. The molecular formula is C14H21N3O4. The van der Waals surface area contributed by atoms with Crippen molar-refractivity contribution in [2.45, 2.75) is 37.8 Å². The predicted molar refractivity (Wildman–Crippen MR) is 73.6 cm³/mol. The highest BCUT2D eigenvalue weighted by molar-refractivity contribution is 5.85. The number of likely N-dealkylation sites (N-methyl/N-ethyl adjacent to an activating group) is 1. The van der Waals surface area contributed by atoms with E-state index in [-0.39, 0.29) is 30.6 Å². The largest absolute Gasteiger partial charge is 0.481 e. The van der Waals surface area contributed by atoms with Gasteiger partial charge in [-0.25, -0.2) is 4.79 Å². The maximum atomic E-state index is 12.7. The summed E-state index contributed by atoms with van der Waals surface area (Å²) in [5.41, 5.74) is 0. The number of fused-ring (bicyclic) bond motifs is 2. The second-order valence-corrected chi connectivity index (χ2v) is 6.26. The Balaban J connectivity index is 1.74. The van der Waals surface area contributed by atoms with Crippen LogP contribution in [0, 0.1) is 5.92 Å². The van der Waals surface area contributed by atoms with Gasteiger partial charge in [0.15, 0.2) is 0 Å². The molecule has 0 spiro atoms. The van der Waals surface area contributed by atoms with Gasteiger partial charge in [-0.05, 0) is 25.7 Å². The summed E-state index contributed by atoms with van der Waals surface area (Å²) in [6.45, 7) is 1.32. The third-order valence-corrected chi connectivity index (χ3v) is 5.02. The Morgan fingerprint density at radius 2 is 2.00 bits per heavy atom. The zero-order chi connectivity index (χ0) is 15.1. The molecule has 1 N–H and O–H groups in total. The van der Waals surface area contributed by atoms with E-state index in [1.165, 1.54) is 0 Å². The fourth-order valence-electron chi connectivity index (χ4n) is 3.87. The number of aliphatic carboxylic acids is 1. The maximum Gasteiger partial charge on any atom is 0.321 e. The summed E-state index contributed by atoms with van der Waals surface area (Å²) in [5, 5.41) is 9.25. The van der Waals surface area contributed by atoms with Crippen molar-refractivity contribution in [3.63, 3.8) is 0 Å². The highest BCUT2D eigenvalue weighted by atomic mass is 16.4. The van der Waals surface area contributed by atoms with Crippen molar-refractivity contribution in [2.24, 2.45) is 5.92 Å². The van der Waals surface area contributed by atoms with E-state index >= 15 is 0 Å². The van der Waals surface area contributed by atoms with Crippen molar-refractivity contribution < 1.29 is 19.5 Å². The molecule has 0 saturated carbocycles. The Morgan fingerprint density at radius 3 is 2.67 bits per heavy atom. The van der Waals surface area contributed by atoms with Crippen LogP contribution in [-0.4, -0.2) is 76.5 Å². The molecule has 3 aliphatic heterocycles. The summed E-state index contributed by atoms with van der Waals surface area (Å²) in [6, 6.07) is -0.328. The van der Waals surface area contributed by atoms with Gasteiger partial charge in [0.25, 0.3) is 0 Å². The molecule has 3 heterocycles. The van der Waals surface area contributed by atoms with E-state index in [2.05, 4.69) is 0 Å². The third kappa shape index (κ3) is 2.34. The van der Waals surface area contributed by atoms with E-state index < -0.39 is 11.9 Å². The number of carboxylic acids is 1. The van der Waals surface area contributed by atoms with Crippen molar-refractivity contribution in [2.75, 3.05) is 26.7 Å². The van der Waals surface area contributed by atoms with Gasteiger partial charge in [0.1, 0.15) is 6.54 Å². The summed E-state index contributed by atoms with van der Waals surface area (Å²) < 4.78 is 0. The van der Waals surface area contributed by atoms with Gasteiger partial charge in [-0.2, -0.15) is 0 Å². The second-order valence-electron chi connectivity index (χ2n) is 6.26. The van der Waals surface area contributed by atoms with Crippen molar-refractivity contribution >= 4 is 17.9 Å². The quantitative estimate of drug-likeness (QED) is 0.749. The SMILES string of the molecule is CN1CCCN(C(=O)N2C3CCC2C(C(=O)O)C3)CC1=O. The zero-order valence-corrected chi connectivity index (χ0v) is 12.2. The summed E-state index contributed by atoms with van der Waals surface area (Å²) in [5.74, 6) is -1.31. The predicted octanol–water partition coefficient (Wildman–Crippen LogP) is 0.208. The molecule has 0 aromatic heterocycles. The molecule has 116 valence electrons. The normalized spacial score (nSPS) is 32.5. The molecule has 3 atom stereocenters. The molecule has 3 saturated heterocycles. The van der Waals surface area contributed by atoms with Gasteiger partial charge in [-0.1, -0.05) is 0 Å². The molecule has 0 radical (unpaired) electrons. The highest BCUT2D eigenvalue weighted by Gasteiger charge is 2.52. The average molecular weight is 295 g/mol. The Kier molecular flexibility index (Phi) is 3.51. The van der Waals surface area contributed by atoms with Gasteiger partial charge in [-0.15, -0.1) is 0 Å². The molecule has 3 unspecified atom stereocenters. The van der Waals surface area contributed by atoms with Crippen LogP contribution in [-0.2, 0) is 9.59 Å². The minimum Gasteiger partial charge on any atom is -0.481 e. The summed E-state index contributed by atoms with van der Waals surface area (Å²) >= 11 is 0. The van der Waals surface area contributed by atoms with Gasteiger partial charge in [0, 0.05) is 32.2 Å². The van der Waals surface area contributed by atoms with E-state index in [0.717, 1.165) is 19.3 Å². The first kappa shape index (κ1) is 14.2. The van der Waals surface area contributed by atoms with Crippen LogP contribution in [0.25, 0.3) is 0 Å². The smallest absolute Gasteiger partial charge is 0.321 e. The standard InChI is InChI=1S/C14H21N3O4/c1-15-5-2-6-16(8-12(15)18)14(21)17-9-3-4-11(17)10(7-9)13(19)20/h9-11H,2-8H2,1H3,(H,19,20). The van der Waals surface area contributed by atoms with E-state index in [4.69, 9.17) is 0 Å². The lowest BCUT2D eigenvalue weighted by atomic mass is 9.89. The molecule has 2 bridgehead atoms. The Labute approximate surface area is 123 Å². The second kappa shape index (κ2) is 5.20. The monoisotopic (exact) mass is 295 g/mol. The lowest BCUT2D eigenvalue weighted by molar-refractivity contribution is -0.142. The Hall–Kier alpha value is -1.79. The topological polar surface area (TPSA) is 81.2 Å². The van der Waals surface area contributed by atoms with Gasteiger partial charge in [0.05, 0.1) is 5.92 Å². The first-order valence-corrected chi connectivity index (χ1v) is 7.53. The van der Waals surface area contributed by atoms with Crippen LogP contribution >= 0.6 is 0 Å². The molecule has 3 fully saturated rings. The summed E-state index contributed by atoms with van der Waals surface area (Å²) in [6.07, 6.45) is 2.95. The van der Waals surface area contributed by atoms with Gasteiger partial charge in [-0.3, -0.25) is 9.59 Å². The van der Waals surface area contributed by atoms with Crippen LogP contribution in [0.1, 0.15) is 25.7 Å². The molecule has 21 heavy (non-hydrogen) atoms. The number of hydrogen-bond donors (Lipinski definition) is 1. The lowest BCUT2D eigenvalue weighted by Crippen LogP contribution is -2.48. The number of amides is 3. The Morgan fingerprint density at radius 1 is 1.24 bits per heavy atom. The van der Waals surface area contributed by atoms with Crippen LogP contribution in [0.3, 0.4) is 0 Å². The van der Waals surface area contributed by atoms with Crippen molar-refractivity contribution in [1.29, 1.82) is 0 Å². The van der Waals surface area contributed by atoms with Gasteiger partial charge in [0.2, 0.25) is 5.91 Å². The number of nitrogens with zero attached hydrogens (tertiary/aromatic N) is 3. The molecule has 7 nitrogen and oxygen atoms in total. The van der Waals surface area contributed by atoms with Gasteiger partial charge < -0.3 is 19.8 Å². The van der Waals surface area contributed by atoms with E-state index in [1.807, 2.05) is 0 Å². The molecule has 3 aliphatic rings. The molecule has 0 aromatic carbocycles. The molecule has 3 amide bonds. The minimum absolute atomic E-state index is 0.0275. The highest BCUT2D eigenvalue weighted by Crippen LogP contribution is 2.42. The number of carboxylic acid groups (broad SMARTS) is 1. The minimum atomic E-state index is -0.813. The van der Waals surface area contributed by atoms with Crippen LogP contribution in [0.4, 0.5) is 4.79 Å². The van der Waals surface area contributed by atoms with Crippen molar-refractivity contribution in [3.05, 3.63) is 0 Å². The van der Waals surface area contributed by atoms with Crippen molar-refractivity contribution in [1.82, 2.24) is 14.7 Å². The first-order valence-electron chi connectivity index (χ1n) is 7.53. The number of carbonyl (C=O) groups excluding carboxylic acids is 2. The van der Waals surface area contributed by atoms with Crippen LogP contribution in [0.5, 0.6) is 0 Å². The van der Waals surface area contributed by atoms with Crippen LogP contribution < -0.4 is 0 Å². The fraction of sp³-hybridized carbons (Fsp3) is 0.786. The molecule has 7 heteroatoms. The third-order valence-electron chi connectivity index (χ3n) is 5.02. The summed E-state index contributed by atoms with van der Waals surface area (Å²) in [7, 11) is 1.75. The molecule has 0 aromatic rings. The van der Waals surface area contributed by atoms with E-state index in [9.17, 15) is 19.5 Å². The number of carbonyl (C=O) groups is 3. The molecular weight excluding hydrogens is 274 g/mol. The maximum absolute atomic E-state index is 12.7. The van der Waals surface area contributed by atoms with Crippen LogP contribution in [0.2, 0.25) is 0 Å². The number of rotatable bonds is 1. The van der Waals surface area contributed by atoms with E-state index in [0.29, 0.717) is 19.5 Å². The first-order chi connectivity index (χ1) is 9.99. The number of urea groups is 1. The van der Waals surface area contributed by atoms with Crippen molar-refractivity contribution in [3.8, 4) is 0 Å².